The molecule has 8 heteroatoms. The Labute approximate surface area is 179 Å². The van der Waals surface area contributed by atoms with E-state index in [1.54, 1.807) is 7.05 Å². The van der Waals surface area contributed by atoms with Gasteiger partial charge in [-0.05, 0) is 62.2 Å². The van der Waals surface area contributed by atoms with Gasteiger partial charge in [0.2, 0.25) is 0 Å². The summed E-state index contributed by atoms with van der Waals surface area (Å²) in [5.41, 5.74) is 4.32. The smallest absolute Gasteiger partial charge is 0.0971 e. The molecule has 1 aliphatic heterocycles. The van der Waals surface area contributed by atoms with Crippen LogP contribution in [-0.4, -0.2) is 53.1 Å². The van der Waals surface area contributed by atoms with Gasteiger partial charge in [-0.25, -0.2) is 8.99 Å². The molecule has 0 bridgehead atoms. The van der Waals surface area contributed by atoms with Crippen LogP contribution in [0, 0.1) is 0 Å². The quantitative estimate of drug-likeness (QED) is 0.545. The van der Waals surface area contributed by atoms with E-state index in [2.05, 4.69) is 27.3 Å². The number of nitrogens with zero attached hydrogens (tertiary/aromatic N) is 5. The lowest BCUT2D eigenvalue weighted by Crippen LogP contribution is -2.32. The SMILES string of the molecule is CN(Cc1cccc(C2CCN(Cc3cn(-c4ccccc4)nn3)CC2)c1)S(=O)[O-]. The van der Waals surface area contributed by atoms with E-state index in [0.717, 1.165) is 49.4 Å². The van der Waals surface area contributed by atoms with Crippen LogP contribution in [0.25, 0.3) is 5.69 Å². The maximum absolute atomic E-state index is 11.1. The molecule has 0 radical (unpaired) electrons. The second-order valence-corrected chi connectivity index (χ2v) is 8.85. The fraction of sp³-hybridized carbons (Fsp3) is 0.364. The topological polar surface area (TPSA) is 77.3 Å². The molecule has 1 unspecified atom stereocenters. The van der Waals surface area contributed by atoms with Crippen LogP contribution in [0.5, 0.6) is 0 Å². The Morgan fingerprint density at radius 3 is 2.63 bits per heavy atom. The molecule has 0 saturated carbocycles. The van der Waals surface area contributed by atoms with Gasteiger partial charge in [-0.15, -0.1) is 5.10 Å². The summed E-state index contributed by atoms with van der Waals surface area (Å²) in [5.74, 6) is 0.504. The van der Waals surface area contributed by atoms with Crippen molar-refractivity contribution in [3.8, 4) is 5.69 Å². The first-order valence-corrected chi connectivity index (χ1v) is 11.2. The maximum atomic E-state index is 11.1. The largest absolute Gasteiger partial charge is 0.760 e. The van der Waals surface area contributed by atoms with Gasteiger partial charge in [0.15, 0.2) is 0 Å². The van der Waals surface area contributed by atoms with E-state index >= 15 is 0 Å². The second kappa shape index (κ2) is 9.61. The molecule has 3 aromatic rings. The van der Waals surface area contributed by atoms with Gasteiger partial charge in [-0.1, -0.05) is 47.7 Å². The van der Waals surface area contributed by atoms with Crippen LogP contribution >= 0.6 is 0 Å². The zero-order valence-electron chi connectivity index (χ0n) is 17.1. The number of hydrogen-bond donors (Lipinski definition) is 0. The van der Waals surface area contributed by atoms with Crippen LogP contribution in [0.2, 0.25) is 0 Å². The number of para-hydroxylation sites is 1. The Bertz CT molecular complexity index is 986. The molecule has 4 rings (SSSR count). The zero-order chi connectivity index (χ0) is 20.9. The molecule has 0 amide bonds. The molecule has 1 atom stereocenters. The highest BCUT2D eigenvalue weighted by atomic mass is 32.2. The van der Waals surface area contributed by atoms with Gasteiger partial charge in [-0.2, -0.15) is 0 Å². The summed E-state index contributed by atoms with van der Waals surface area (Å²) in [6, 6.07) is 18.3. The fourth-order valence-corrected chi connectivity index (χ4v) is 4.24. The van der Waals surface area contributed by atoms with Crippen molar-refractivity contribution in [3.63, 3.8) is 0 Å². The van der Waals surface area contributed by atoms with Crippen LogP contribution in [0.3, 0.4) is 0 Å². The molecule has 1 aromatic heterocycles. The third kappa shape index (κ3) is 5.20. The highest BCUT2D eigenvalue weighted by molar-refractivity contribution is 7.76. The lowest BCUT2D eigenvalue weighted by atomic mass is 9.88. The summed E-state index contributed by atoms with van der Waals surface area (Å²) in [7, 11) is 1.59. The number of piperidine rings is 1. The first kappa shape index (κ1) is 20.9. The number of rotatable bonds is 7. The Morgan fingerprint density at radius 2 is 1.90 bits per heavy atom. The van der Waals surface area contributed by atoms with Crippen LogP contribution < -0.4 is 0 Å². The number of hydrogen-bond acceptors (Lipinski definition) is 5. The molecule has 2 heterocycles. The first-order chi connectivity index (χ1) is 14.6. The highest BCUT2D eigenvalue weighted by Crippen LogP contribution is 2.29. The molecule has 158 valence electrons. The van der Waals surface area contributed by atoms with Crippen molar-refractivity contribution in [2.24, 2.45) is 0 Å². The van der Waals surface area contributed by atoms with E-state index in [9.17, 15) is 8.76 Å². The predicted molar refractivity (Wildman–Crippen MR) is 115 cm³/mol. The molecule has 1 aliphatic rings. The number of aromatic nitrogens is 3. The van der Waals surface area contributed by atoms with E-state index in [1.807, 2.05) is 53.3 Å². The van der Waals surface area contributed by atoms with Gasteiger partial charge >= 0.3 is 0 Å². The van der Waals surface area contributed by atoms with Crippen molar-refractivity contribution in [3.05, 3.63) is 77.6 Å². The lowest BCUT2D eigenvalue weighted by molar-refractivity contribution is 0.202. The Kier molecular flexibility index (Phi) is 6.69. The lowest BCUT2D eigenvalue weighted by Gasteiger charge is -2.31. The molecule has 1 saturated heterocycles. The van der Waals surface area contributed by atoms with Gasteiger partial charge in [0.1, 0.15) is 0 Å². The van der Waals surface area contributed by atoms with Gasteiger partial charge in [-0.3, -0.25) is 9.11 Å². The summed E-state index contributed by atoms with van der Waals surface area (Å²) >= 11 is -2.19. The van der Waals surface area contributed by atoms with Crippen molar-refractivity contribution in [2.45, 2.75) is 31.8 Å². The van der Waals surface area contributed by atoms with E-state index in [0.29, 0.717) is 12.5 Å². The van der Waals surface area contributed by atoms with Gasteiger partial charge in [0.25, 0.3) is 0 Å². The monoisotopic (exact) mass is 424 g/mol. The first-order valence-electron chi connectivity index (χ1n) is 10.2. The van der Waals surface area contributed by atoms with Crippen molar-refractivity contribution in [2.75, 3.05) is 20.1 Å². The summed E-state index contributed by atoms with van der Waals surface area (Å²) in [5, 5.41) is 8.59. The van der Waals surface area contributed by atoms with Crippen LogP contribution in [0.15, 0.2) is 60.8 Å². The maximum Gasteiger partial charge on any atom is 0.0971 e. The van der Waals surface area contributed by atoms with Crippen LogP contribution in [0.4, 0.5) is 0 Å². The van der Waals surface area contributed by atoms with E-state index in [4.69, 9.17) is 0 Å². The Hall–Kier alpha value is -2.39. The molecule has 7 nitrogen and oxygen atoms in total. The molecule has 2 aromatic carbocycles. The van der Waals surface area contributed by atoms with Crippen LogP contribution in [-0.2, 0) is 24.4 Å². The third-order valence-corrected chi connectivity index (χ3v) is 6.25. The van der Waals surface area contributed by atoms with Gasteiger partial charge < -0.3 is 4.55 Å². The summed E-state index contributed by atoms with van der Waals surface area (Å²) in [4.78, 5) is 2.42. The summed E-state index contributed by atoms with van der Waals surface area (Å²) < 4.78 is 25.3. The minimum Gasteiger partial charge on any atom is -0.760 e. The van der Waals surface area contributed by atoms with Crippen molar-refractivity contribution in [1.82, 2.24) is 24.2 Å². The normalized spacial score (nSPS) is 16.8. The molecule has 1 fully saturated rings. The van der Waals surface area contributed by atoms with Gasteiger partial charge in [0, 0.05) is 24.4 Å². The molecule has 30 heavy (non-hydrogen) atoms. The molecule has 0 aliphatic carbocycles. The van der Waals surface area contributed by atoms with E-state index in [1.165, 1.54) is 9.87 Å². The Balaban J connectivity index is 1.32. The molecular weight excluding hydrogens is 398 g/mol. The van der Waals surface area contributed by atoms with Crippen molar-refractivity contribution >= 4 is 11.3 Å². The van der Waals surface area contributed by atoms with E-state index < -0.39 is 11.3 Å². The molecular formula is C22H26N5O2S-. The van der Waals surface area contributed by atoms with E-state index in [-0.39, 0.29) is 0 Å². The average molecular weight is 425 g/mol. The zero-order valence-corrected chi connectivity index (χ0v) is 17.9. The van der Waals surface area contributed by atoms with Crippen LogP contribution in [0.1, 0.15) is 35.6 Å². The third-order valence-electron chi connectivity index (χ3n) is 5.62. The summed E-state index contributed by atoms with van der Waals surface area (Å²) in [6.07, 6.45) is 4.17. The summed E-state index contributed by atoms with van der Waals surface area (Å²) in [6.45, 7) is 3.23. The fourth-order valence-electron chi connectivity index (χ4n) is 3.99. The standard InChI is InChI=1S/C22H27N5O2S/c1-25(30(28)29)15-18-6-5-7-20(14-18)19-10-12-26(13-11-19)16-21-17-27(24-23-21)22-8-3-2-4-9-22/h2-9,14,17,19H,10-13,15-16H2,1H3,(H,28,29)/p-1. The van der Waals surface area contributed by atoms with Crippen molar-refractivity contribution < 1.29 is 8.76 Å². The minimum absolute atomic E-state index is 0.403. The molecule has 0 N–H and O–H groups in total. The van der Waals surface area contributed by atoms with Gasteiger partial charge in [0.05, 0.1) is 17.6 Å². The minimum atomic E-state index is -2.19. The predicted octanol–water partition coefficient (Wildman–Crippen LogP) is 2.87. The Morgan fingerprint density at radius 1 is 1.13 bits per heavy atom. The average Bonchev–Trinajstić information content (AvgIpc) is 3.23. The van der Waals surface area contributed by atoms with Crippen molar-refractivity contribution in [1.29, 1.82) is 0 Å². The molecule has 0 spiro atoms. The number of likely N-dealkylation sites (tertiary alicyclic amines) is 1. The second-order valence-electron chi connectivity index (χ2n) is 7.79. The number of benzene rings is 2. The highest BCUT2D eigenvalue weighted by Gasteiger charge is 2.21.